The zero-order chi connectivity index (χ0) is 18.4. The summed E-state index contributed by atoms with van der Waals surface area (Å²) in [4.78, 5) is 16.5. The molecule has 2 aromatic carbocycles. The molecule has 1 fully saturated rings. The van der Waals surface area contributed by atoms with Crippen molar-refractivity contribution in [3.63, 3.8) is 0 Å². The van der Waals surface area contributed by atoms with Gasteiger partial charge >= 0.3 is 0 Å². The molecule has 0 atom stereocenters. The molecule has 0 bridgehead atoms. The average molecular weight is 355 g/mol. The number of carbonyl (C=O) groups excluding carboxylic acids is 1. The number of nitrogens with one attached hydrogen (secondary N) is 1. The Balaban J connectivity index is 1.49. The summed E-state index contributed by atoms with van der Waals surface area (Å²) in [5, 5.41) is 2.93. The largest absolute Gasteiger partial charge is 0.372 e. The molecule has 1 aliphatic rings. The van der Waals surface area contributed by atoms with Crippen LogP contribution in [0, 0.1) is 5.82 Å². The Kier molecular flexibility index (Phi) is 6.23. The molecular weight excluding hydrogens is 329 g/mol. The van der Waals surface area contributed by atoms with Crippen LogP contribution in [0.4, 0.5) is 15.8 Å². The highest BCUT2D eigenvalue weighted by atomic mass is 19.1. The molecule has 0 aliphatic carbocycles. The van der Waals surface area contributed by atoms with Crippen molar-refractivity contribution in [2.45, 2.75) is 25.8 Å². The quantitative estimate of drug-likeness (QED) is 0.854. The van der Waals surface area contributed by atoms with Gasteiger partial charge in [-0.15, -0.1) is 0 Å². The van der Waals surface area contributed by atoms with Crippen LogP contribution >= 0.6 is 0 Å². The van der Waals surface area contributed by atoms with Crippen molar-refractivity contribution in [2.24, 2.45) is 0 Å². The molecule has 3 rings (SSSR count). The standard InChI is InChI=1S/C21H26FN3O/c1-24(15-17-6-5-7-18(22)14-17)16-21(26)23-19-8-10-20(11-9-19)25-12-3-2-4-13-25/h5-11,14H,2-4,12-13,15-16H2,1H3,(H,23,26). The first-order chi connectivity index (χ1) is 12.6. The molecule has 1 heterocycles. The Bertz CT molecular complexity index is 726. The van der Waals surface area contributed by atoms with Gasteiger partial charge in [-0.3, -0.25) is 9.69 Å². The molecule has 2 aromatic rings. The van der Waals surface area contributed by atoms with Crippen LogP contribution in [0.25, 0.3) is 0 Å². The van der Waals surface area contributed by atoms with Gasteiger partial charge in [-0.05, 0) is 68.3 Å². The topological polar surface area (TPSA) is 35.6 Å². The number of nitrogens with zero attached hydrogens (tertiary/aromatic N) is 2. The third-order valence-electron chi connectivity index (χ3n) is 4.63. The van der Waals surface area contributed by atoms with Crippen LogP contribution in [0.5, 0.6) is 0 Å². The lowest BCUT2D eigenvalue weighted by molar-refractivity contribution is -0.117. The fraction of sp³-hybridized carbons (Fsp3) is 0.381. The maximum absolute atomic E-state index is 13.2. The first-order valence-corrected chi connectivity index (χ1v) is 9.18. The lowest BCUT2D eigenvalue weighted by Crippen LogP contribution is -2.30. The van der Waals surface area contributed by atoms with E-state index in [1.807, 2.05) is 30.1 Å². The first kappa shape index (κ1) is 18.4. The minimum absolute atomic E-state index is 0.0744. The normalized spacial score (nSPS) is 14.5. The van der Waals surface area contributed by atoms with E-state index in [4.69, 9.17) is 0 Å². The van der Waals surface area contributed by atoms with Gasteiger partial charge in [0.15, 0.2) is 0 Å². The van der Waals surface area contributed by atoms with Gasteiger partial charge in [0.2, 0.25) is 5.91 Å². The second-order valence-electron chi connectivity index (χ2n) is 6.94. The highest BCUT2D eigenvalue weighted by Crippen LogP contribution is 2.21. The molecule has 138 valence electrons. The van der Waals surface area contributed by atoms with Crippen molar-refractivity contribution < 1.29 is 9.18 Å². The lowest BCUT2D eigenvalue weighted by atomic mass is 10.1. The molecule has 1 aliphatic heterocycles. The minimum atomic E-state index is -0.255. The molecule has 0 aromatic heterocycles. The van der Waals surface area contributed by atoms with Gasteiger partial charge < -0.3 is 10.2 Å². The van der Waals surface area contributed by atoms with Crippen LogP contribution < -0.4 is 10.2 Å². The summed E-state index contributed by atoms with van der Waals surface area (Å²) in [7, 11) is 1.85. The number of likely N-dealkylation sites (N-methyl/N-ethyl adjacent to an activating group) is 1. The summed E-state index contributed by atoms with van der Waals surface area (Å²) < 4.78 is 13.2. The Morgan fingerprint density at radius 3 is 2.54 bits per heavy atom. The molecule has 0 spiro atoms. The van der Waals surface area contributed by atoms with E-state index in [-0.39, 0.29) is 18.3 Å². The van der Waals surface area contributed by atoms with E-state index in [1.54, 1.807) is 6.07 Å². The second kappa shape index (κ2) is 8.81. The Labute approximate surface area is 154 Å². The number of rotatable bonds is 6. The predicted molar refractivity (Wildman–Crippen MR) is 104 cm³/mol. The monoisotopic (exact) mass is 355 g/mol. The van der Waals surface area contributed by atoms with Gasteiger partial charge in [-0.1, -0.05) is 12.1 Å². The maximum Gasteiger partial charge on any atom is 0.238 e. The van der Waals surface area contributed by atoms with Gasteiger partial charge in [-0.2, -0.15) is 0 Å². The van der Waals surface area contributed by atoms with Crippen LogP contribution in [0.1, 0.15) is 24.8 Å². The van der Waals surface area contributed by atoms with Crippen molar-refractivity contribution in [1.29, 1.82) is 0 Å². The summed E-state index contributed by atoms with van der Waals surface area (Å²) in [6.07, 6.45) is 3.81. The summed E-state index contributed by atoms with van der Waals surface area (Å²) in [6.45, 7) is 3.00. The van der Waals surface area contributed by atoms with Gasteiger partial charge in [0, 0.05) is 31.0 Å². The molecule has 0 unspecified atom stereocenters. The zero-order valence-corrected chi connectivity index (χ0v) is 15.2. The molecule has 5 heteroatoms. The molecule has 1 saturated heterocycles. The summed E-state index contributed by atoms with van der Waals surface area (Å²) in [6, 6.07) is 14.5. The fourth-order valence-corrected chi connectivity index (χ4v) is 3.36. The van der Waals surface area contributed by atoms with Crippen molar-refractivity contribution in [3.05, 3.63) is 59.9 Å². The minimum Gasteiger partial charge on any atom is -0.372 e. The van der Waals surface area contributed by atoms with E-state index < -0.39 is 0 Å². The van der Waals surface area contributed by atoms with E-state index in [0.29, 0.717) is 6.54 Å². The van der Waals surface area contributed by atoms with Crippen LogP contribution in [0.2, 0.25) is 0 Å². The molecule has 4 nitrogen and oxygen atoms in total. The third-order valence-corrected chi connectivity index (χ3v) is 4.63. The number of carbonyl (C=O) groups is 1. The van der Waals surface area contributed by atoms with Crippen LogP contribution in [0.15, 0.2) is 48.5 Å². The molecule has 0 saturated carbocycles. The highest BCUT2D eigenvalue weighted by Gasteiger charge is 2.11. The number of halogens is 1. The van der Waals surface area contributed by atoms with Crippen LogP contribution in [-0.2, 0) is 11.3 Å². The predicted octanol–water partition coefficient (Wildman–Crippen LogP) is 3.89. The van der Waals surface area contributed by atoms with E-state index in [1.165, 1.54) is 37.1 Å². The summed E-state index contributed by atoms with van der Waals surface area (Å²) in [5.41, 5.74) is 2.87. The molecule has 1 amide bonds. The molecule has 0 radical (unpaired) electrons. The molecule has 1 N–H and O–H groups in total. The number of anilines is 2. The molecular formula is C21H26FN3O. The highest BCUT2D eigenvalue weighted by molar-refractivity contribution is 5.92. The number of hydrogen-bond donors (Lipinski definition) is 1. The summed E-state index contributed by atoms with van der Waals surface area (Å²) in [5.74, 6) is -0.330. The Morgan fingerprint density at radius 2 is 1.85 bits per heavy atom. The summed E-state index contributed by atoms with van der Waals surface area (Å²) >= 11 is 0. The number of hydrogen-bond acceptors (Lipinski definition) is 3. The Hall–Kier alpha value is -2.40. The van der Waals surface area contributed by atoms with E-state index in [2.05, 4.69) is 22.3 Å². The van der Waals surface area contributed by atoms with Gasteiger partial charge in [-0.25, -0.2) is 4.39 Å². The van der Waals surface area contributed by atoms with Crippen LogP contribution in [0.3, 0.4) is 0 Å². The van der Waals surface area contributed by atoms with Crippen molar-refractivity contribution >= 4 is 17.3 Å². The van der Waals surface area contributed by atoms with Gasteiger partial charge in [0.25, 0.3) is 0 Å². The van der Waals surface area contributed by atoms with E-state index >= 15 is 0 Å². The van der Waals surface area contributed by atoms with Crippen molar-refractivity contribution in [3.8, 4) is 0 Å². The average Bonchev–Trinajstić information content (AvgIpc) is 2.63. The lowest BCUT2D eigenvalue weighted by Gasteiger charge is -2.28. The van der Waals surface area contributed by atoms with E-state index in [0.717, 1.165) is 24.3 Å². The second-order valence-corrected chi connectivity index (χ2v) is 6.94. The fourth-order valence-electron chi connectivity index (χ4n) is 3.36. The maximum atomic E-state index is 13.2. The van der Waals surface area contributed by atoms with E-state index in [9.17, 15) is 9.18 Å². The van der Waals surface area contributed by atoms with Gasteiger partial charge in [0.1, 0.15) is 5.82 Å². The number of amides is 1. The zero-order valence-electron chi connectivity index (χ0n) is 15.2. The number of benzene rings is 2. The van der Waals surface area contributed by atoms with Crippen molar-refractivity contribution in [2.75, 3.05) is 36.9 Å². The Morgan fingerprint density at radius 1 is 1.12 bits per heavy atom. The smallest absolute Gasteiger partial charge is 0.238 e. The first-order valence-electron chi connectivity index (χ1n) is 9.18. The number of piperidine rings is 1. The van der Waals surface area contributed by atoms with Gasteiger partial charge in [0.05, 0.1) is 6.54 Å². The van der Waals surface area contributed by atoms with Crippen molar-refractivity contribution in [1.82, 2.24) is 4.90 Å². The molecule has 26 heavy (non-hydrogen) atoms. The third kappa shape index (κ3) is 5.30. The van der Waals surface area contributed by atoms with Crippen LogP contribution in [-0.4, -0.2) is 37.5 Å². The SMILES string of the molecule is CN(CC(=O)Nc1ccc(N2CCCCC2)cc1)Cc1cccc(F)c1.